The van der Waals surface area contributed by atoms with Crippen LogP contribution in [-0.4, -0.2) is 23.9 Å². The first-order valence-electron chi connectivity index (χ1n) is 5.39. The second kappa shape index (κ2) is 7.22. The van der Waals surface area contributed by atoms with Crippen LogP contribution in [0.2, 0.25) is 0 Å². The molecule has 0 atom stereocenters. The molecule has 1 rings (SSSR count). The van der Waals surface area contributed by atoms with Gasteiger partial charge in [0.05, 0.1) is 6.21 Å². The minimum absolute atomic E-state index is 0.592. The molecule has 0 aliphatic rings. The van der Waals surface area contributed by atoms with Crippen LogP contribution in [-0.2, 0) is 9.63 Å². The number of oxime groups is 1. The van der Waals surface area contributed by atoms with Crippen LogP contribution in [0.15, 0.2) is 35.5 Å². The first-order chi connectivity index (χ1) is 8.22. The van der Waals surface area contributed by atoms with Gasteiger partial charge in [0.1, 0.15) is 6.61 Å². The Morgan fingerprint density at radius 3 is 2.94 bits per heavy atom. The zero-order valence-electron chi connectivity index (χ0n) is 9.67. The van der Waals surface area contributed by atoms with Gasteiger partial charge in [-0.15, -0.1) is 0 Å². The highest BCUT2D eigenvalue weighted by Crippen LogP contribution is 2.05. The topological polar surface area (TPSA) is 58.9 Å². The van der Waals surface area contributed by atoms with E-state index >= 15 is 0 Å². The lowest BCUT2D eigenvalue weighted by Gasteiger charge is -1.97. The standard InChI is InChI=1S/C13H15NO3/c1-2-8-17-14-10-12-5-3-4-11(9-12)6-7-13(15)16/h3-7,9-10H,2,8H2,1H3,(H,15,16)/b7-6-,14-10+. The summed E-state index contributed by atoms with van der Waals surface area (Å²) in [4.78, 5) is 15.4. The smallest absolute Gasteiger partial charge is 0.328 e. The van der Waals surface area contributed by atoms with Crippen LogP contribution < -0.4 is 0 Å². The SMILES string of the molecule is CCCO/N=C/c1cccc(/C=C\C(=O)O)c1. The Balaban J connectivity index is 2.65. The third-order valence-corrected chi connectivity index (χ3v) is 1.90. The van der Waals surface area contributed by atoms with Crippen molar-refractivity contribution in [3.63, 3.8) is 0 Å². The number of carboxylic acids is 1. The normalized spacial score (nSPS) is 11.1. The largest absolute Gasteiger partial charge is 0.478 e. The summed E-state index contributed by atoms with van der Waals surface area (Å²) in [5.41, 5.74) is 1.68. The third kappa shape index (κ3) is 5.51. The highest BCUT2D eigenvalue weighted by molar-refractivity contribution is 5.86. The van der Waals surface area contributed by atoms with Gasteiger partial charge in [0, 0.05) is 6.08 Å². The van der Waals surface area contributed by atoms with Crippen molar-refractivity contribution >= 4 is 18.3 Å². The molecule has 0 spiro atoms. The zero-order valence-corrected chi connectivity index (χ0v) is 9.67. The van der Waals surface area contributed by atoms with Gasteiger partial charge in [-0.3, -0.25) is 0 Å². The number of nitrogens with zero attached hydrogens (tertiary/aromatic N) is 1. The molecule has 4 heteroatoms. The first-order valence-corrected chi connectivity index (χ1v) is 5.39. The fraction of sp³-hybridized carbons (Fsp3) is 0.231. The van der Waals surface area contributed by atoms with Gasteiger partial charge in [-0.25, -0.2) is 4.79 Å². The maximum Gasteiger partial charge on any atom is 0.328 e. The number of carboxylic acid groups (broad SMARTS) is 1. The molecule has 90 valence electrons. The monoisotopic (exact) mass is 233 g/mol. The molecule has 0 saturated carbocycles. The molecule has 0 radical (unpaired) electrons. The van der Waals surface area contributed by atoms with Crippen molar-refractivity contribution in [2.24, 2.45) is 5.16 Å². The van der Waals surface area contributed by atoms with Gasteiger partial charge in [0.15, 0.2) is 0 Å². The lowest BCUT2D eigenvalue weighted by atomic mass is 10.1. The van der Waals surface area contributed by atoms with Crippen LogP contribution in [0.1, 0.15) is 24.5 Å². The molecule has 1 N–H and O–H groups in total. The molecule has 0 unspecified atom stereocenters. The summed E-state index contributed by atoms with van der Waals surface area (Å²) in [7, 11) is 0. The summed E-state index contributed by atoms with van der Waals surface area (Å²) in [5, 5.41) is 12.3. The van der Waals surface area contributed by atoms with Gasteiger partial charge in [-0.1, -0.05) is 30.3 Å². The molecule has 0 amide bonds. The van der Waals surface area contributed by atoms with Gasteiger partial charge >= 0.3 is 5.97 Å². The molecule has 1 aromatic rings. The molecule has 0 aliphatic carbocycles. The number of rotatable bonds is 6. The number of hydrogen-bond donors (Lipinski definition) is 1. The molecule has 4 nitrogen and oxygen atoms in total. The number of aliphatic carboxylic acids is 1. The van der Waals surface area contributed by atoms with Crippen LogP contribution in [0.25, 0.3) is 6.08 Å². The van der Waals surface area contributed by atoms with E-state index in [1.54, 1.807) is 6.21 Å². The second-order valence-corrected chi connectivity index (χ2v) is 3.41. The highest BCUT2D eigenvalue weighted by atomic mass is 16.6. The van der Waals surface area contributed by atoms with E-state index in [1.807, 2.05) is 31.2 Å². The van der Waals surface area contributed by atoms with Crippen molar-refractivity contribution in [2.75, 3.05) is 6.61 Å². The molecule has 0 aromatic heterocycles. The number of carbonyl (C=O) groups is 1. The minimum Gasteiger partial charge on any atom is -0.478 e. The van der Waals surface area contributed by atoms with Crippen LogP contribution in [0.4, 0.5) is 0 Å². The van der Waals surface area contributed by atoms with Crippen molar-refractivity contribution in [3.8, 4) is 0 Å². The predicted octanol–water partition coefficient (Wildman–Crippen LogP) is 2.54. The van der Waals surface area contributed by atoms with Gasteiger partial charge in [0.25, 0.3) is 0 Å². The van der Waals surface area contributed by atoms with E-state index in [9.17, 15) is 4.79 Å². The Bertz CT molecular complexity index is 424. The molecule has 0 bridgehead atoms. The molecule has 0 fully saturated rings. The summed E-state index contributed by atoms with van der Waals surface area (Å²) in [6.45, 7) is 2.60. The van der Waals surface area contributed by atoms with E-state index in [0.29, 0.717) is 6.61 Å². The van der Waals surface area contributed by atoms with Crippen LogP contribution in [0.3, 0.4) is 0 Å². The molecule has 0 saturated heterocycles. The quantitative estimate of drug-likeness (QED) is 0.355. The first kappa shape index (κ1) is 13.0. The number of hydrogen-bond acceptors (Lipinski definition) is 3. The van der Waals surface area contributed by atoms with E-state index in [4.69, 9.17) is 9.94 Å². The highest BCUT2D eigenvalue weighted by Gasteiger charge is 1.92. The fourth-order valence-corrected chi connectivity index (χ4v) is 1.15. The molecular formula is C13H15NO3. The van der Waals surface area contributed by atoms with Crippen LogP contribution >= 0.6 is 0 Å². The molecule has 0 heterocycles. The summed E-state index contributed by atoms with van der Waals surface area (Å²) < 4.78 is 0. The minimum atomic E-state index is -0.963. The summed E-state index contributed by atoms with van der Waals surface area (Å²) in [5.74, 6) is -0.963. The van der Waals surface area contributed by atoms with E-state index in [0.717, 1.165) is 23.6 Å². The van der Waals surface area contributed by atoms with Gasteiger partial charge in [-0.2, -0.15) is 0 Å². The van der Waals surface area contributed by atoms with E-state index in [-0.39, 0.29) is 0 Å². The predicted molar refractivity (Wildman–Crippen MR) is 66.9 cm³/mol. The van der Waals surface area contributed by atoms with Gasteiger partial charge in [0.2, 0.25) is 0 Å². The van der Waals surface area contributed by atoms with Crippen molar-refractivity contribution < 1.29 is 14.7 Å². The number of benzene rings is 1. The van der Waals surface area contributed by atoms with E-state index < -0.39 is 5.97 Å². The molecular weight excluding hydrogens is 218 g/mol. The Labute approximate surface area is 100 Å². The van der Waals surface area contributed by atoms with Gasteiger partial charge < -0.3 is 9.94 Å². The van der Waals surface area contributed by atoms with Crippen molar-refractivity contribution in [1.29, 1.82) is 0 Å². The van der Waals surface area contributed by atoms with Crippen LogP contribution in [0, 0.1) is 0 Å². The molecule has 1 aromatic carbocycles. The Kier molecular flexibility index (Phi) is 5.51. The maximum absolute atomic E-state index is 10.4. The molecule has 0 aliphatic heterocycles. The van der Waals surface area contributed by atoms with Crippen molar-refractivity contribution in [3.05, 3.63) is 41.5 Å². The van der Waals surface area contributed by atoms with Crippen molar-refractivity contribution in [1.82, 2.24) is 0 Å². The second-order valence-electron chi connectivity index (χ2n) is 3.41. The summed E-state index contributed by atoms with van der Waals surface area (Å²) in [6.07, 6.45) is 5.16. The summed E-state index contributed by atoms with van der Waals surface area (Å²) >= 11 is 0. The Hall–Kier alpha value is -2.10. The zero-order chi connectivity index (χ0) is 12.5. The summed E-state index contributed by atoms with van der Waals surface area (Å²) in [6, 6.07) is 7.36. The van der Waals surface area contributed by atoms with E-state index in [1.165, 1.54) is 6.08 Å². The van der Waals surface area contributed by atoms with E-state index in [2.05, 4.69) is 5.16 Å². The average molecular weight is 233 g/mol. The Morgan fingerprint density at radius 2 is 2.24 bits per heavy atom. The lowest BCUT2D eigenvalue weighted by Crippen LogP contribution is -1.88. The maximum atomic E-state index is 10.4. The lowest BCUT2D eigenvalue weighted by molar-refractivity contribution is -0.131. The Morgan fingerprint density at radius 1 is 1.47 bits per heavy atom. The van der Waals surface area contributed by atoms with Crippen LogP contribution in [0.5, 0.6) is 0 Å². The fourth-order valence-electron chi connectivity index (χ4n) is 1.15. The van der Waals surface area contributed by atoms with Crippen molar-refractivity contribution in [2.45, 2.75) is 13.3 Å². The molecule has 17 heavy (non-hydrogen) atoms. The van der Waals surface area contributed by atoms with Gasteiger partial charge in [-0.05, 0) is 29.7 Å². The average Bonchev–Trinajstić information content (AvgIpc) is 2.33. The third-order valence-electron chi connectivity index (χ3n) is 1.90.